The summed E-state index contributed by atoms with van der Waals surface area (Å²) in [5, 5.41) is 12.4. The second-order valence-electron chi connectivity index (χ2n) is 4.89. The fraction of sp³-hybridized carbons (Fsp3) is 0.600. The van der Waals surface area contributed by atoms with Gasteiger partial charge in [-0.2, -0.15) is 4.68 Å². The largest absolute Gasteiger partial charge is 0.477 e. The molecule has 0 aliphatic rings. The van der Waals surface area contributed by atoms with E-state index in [9.17, 15) is 4.79 Å². The van der Waals surface area contributed by atoms with Crippen molar-refractivity contribution in [3.63, 3.8) is 0 Å². The highest BCUT2D eigenvalue weighted by Crippen LogP contribution is 2.12. The van der Waals surface area contributed by atoms with Crippen molar-refractivity contribution in [3.8, 4) is 5.88 Å². The van der Waals surface area contributed by atoms with E-state index in [0.29, 0.717) is 12.5 Å². The average Bonchev–Trinajstić information content (AvgIpc) is 2.59. The van der Waals surface area contributed by atoms with Crippen LogP contribution in [0.3, 0.4) is 0 Å². The summed E-state index contributed by atoms with van der Waals surface area (Å²) in [6.45, 7) is 7.53. The predicted molar refractivity (Wildman–Crippen MR) is 63.9 cm³/mol. The molecule has 0 aromatic carbocycles. The highest BCUT2D eigenvalue weighted by atomic mass is 28.3. The quantitative estimate of drug-likeness (QED) is 0.636. The summed E-state index contributed by atoms with van der Waals surface area (Å²) in [5.74, 6) is 0.373. The molecule has 0 saturated carbocycles. The molecular weight excluding hydrogens is 224 g/mol. The lowest BCUT2D eigenvalue weighted by Crippen LogP contribution is -2.20. The van der Waals surface area contributed by atoms with Gasteiger partial charge in [-0.1, -0.05) is 25.7 Å². The van der Waals surface area contributed by atoms with E-state index in [1.165, 1.54) is 12.2 Å². The molecule has 0 amide bonds. The molecule has 1 aromatic rings. The van der Waals surface area contributed by atoms with Crippen molar-refractivity contribution in [2.24, 2.45) is 0 Å². The third-order valence-electron chi connectivity index (χ3n) is 2.08. The summed E-state index contributed by atoms with van der Waals surface area (Å²) in [6, 6.07) is 2.76. The van der Waals surface area contributed by atoms with Crippen molar-refractivity contribution in [3.05, 3.63) is 12.3 Å². The predicted octanol–water partition coefficient (Wildman–Crippen LogP) is 2.52. The van der Waals surface area contributed by atoms with E-state index in [1.807, 2.05) is 0 Å². The van der Waals surface area contributed by atoms with Gasteiger partial charge in [-0.05, 0) is 6.42 Å². The summed E-state index contributed by atoms with van der Waals surface area (Å²) in [4.78, 5) is 10.5. The van der Waals surface area contributed by atoms with E-state index in [4.69, 9.17) is 9.84 Å². The van der Waals surface area contributed by atoms with Gasteiger partial charge in [-0.15, -0.1) is 5.10 Å². The molecule has 90 valence electrons. The molecule has 0 aliphatic heterocycles. The number of nitrogens with zero attached hydrogens (tertiary/aromatic N) is 2. The lowest BCUT2D eigenvalue weighted by molar-refractivity contribution is 0.191. The lowest BCUT2D eigenvalue weighted by Gasteiger charge is -2.14. The maximum Gasteiger partial charge on any atom is 0.432 e. The molecule has 0 spiro atoms. The highest BCUT2D eigenvalue weighted by Gasteiger charge is 2.12. The fourth-order valence-electron chi connectivity index (χ4n) is 1.27. The number of hydrogen-bond donors (Lipinski definition) is 1. The van der Waals surface area contributed by atoms with Crippen molar-refractivity contribution in [1.29, 1.82) is 0 Å². The maximum absolute atomic E-state index is 10.5. The summed E-state index contributed by atoms with van der Waals surface area (Å²) in [7, 11) is -1.01. The SMILES string of the molecule is C[Si](C)(C)CCCOc1ccn(C(=O)O)n1. The minimum atomic E-state index is -1.10. The lowest BCUT2D eigenvalue weighted by atomic mass is 10.5. The summed E-state index contributed by atoms with van der Waals surface area (Å²) in [5.41, 5.74) is 0. The first-order valence-electron chi connectivity index (χ1n) is 5.30. The van der Waals surface area contributed by atoms with Crippen molar-refractivity contribution in [2.45, 2.75) is 32.1 Å². The zero-order chi connectivity index (χ0) is 12.2. The van der Waals surface area contributed by atoms with Crippen LogP contribution in [0.25, 0.3) is 0 Å². The Morgan fingerprint density at radius 1 is 1.56 bits per heavy atom. The molecule has 16 heavy (non-hydrogen) atoms. The van der Waals surface area contributed by atoms with Crippen LogP contribution >= 0.6 is 0 Å². The Labute approximate surface area is 96.0 Å². The standard InChI is InChI=1S/C10H18N2O3Si/c1-16(2,3)8-4-7-15-9-5-6-12(11-9)10(13)14/h5-6H,4,7-8H2,1-3H3,(H,13,14). The van der Waals surface area contributed by atoms with Gasteiger partial charge in [0, 0.05) is 20.3 Å². The van der Waals surface area contributed by atoms with E-state index < -0.39 is 14.2 Å². The summed E-state index contributed by atoms with van der Waals surface area (Å²) >= 11 is 0. The normalized spacial score (nSPS) is 11.4. The first-order valence-corrected chi connectivity index (χ1v) is 9.01. The second kappa shape index (κ2) is 5.15. The average molecular weight is 242 g/mol. The van der Waals surface area contributed by atoms with Crippen molar-refractivity contribution in [1.82, 2.24) is 9.78 Å². The van der Waals surface area contributed by atoms with Crippen molar-refractivity contribution >= 4 is 14.2 Å². The zero-order valence-electron chi connectivity index (χ0n) is 9.93. The molecule has 0 atom stereocenters. The Balaban J connectivity index is 2.30. The van der Waals surface area contributed by atoms with Crippen LogP contribution in [0.2, 0.25) is 25.7 Å². The smallest absolute Gasteiger partial charge is 0.432 e. The number of hydrogen-bond acceptors (Lipinski definition) is 3. The minimum absolute atomic E-state index is 0.373. The molecule has 6 heteroatoms. The molecule has 0 saturated heterocycles. The first-order chi connectivity index (χ1) is 7.38. The molecule has 0 bridgehead atoms. The van der Waals surface area contributed by atoms with Gasteiger partial charge in [0.05, 0.1) is 6.61 Å². The van der Waals surface area contributed by atoms with Gasteiger partial charge in [-0.25, -0.2) is 4.79 Å². The second-order valence-corrected chi connectivity index (χ2v) is 10.5. The van der Waals surface area contributed by atoms with E-state index in [1.54, 1.807) is 6.07 Å². The van der Waals surface area contributed by atoms with E-state index in [0.717, 1.165) is 11.1 Å². The molecular formula is C10H18N2O3Si. The highest BCUT2D eigenvalue weighted by molar-refractivity contribution is 6.76. The van der Waals surface area contributed by atoms with Crippen LogP contribution < -0.4 is 4.74 Å². The number of ether oxygens (including phenoxy) is 1. The van der Waals surface area contributed by atoms with E-state index in [-0.39, 0.29) is 0 Å². The third-order valence-corrected chi connectivity index (χ3v) is 3.94. The maximum atomic E-state index is 10.5. The van der Waals surface area contributed by atoms with Crippen LogP contribution in [-0.2, 0) is 0 Å². The molecule has 0 fully saturated rings. The Bertz CT molecular complexity index is 357. The van der Waals surface area contributed by atoms with E-state index >= 15 is 0 Å². The van der Waals surface area contributed by atoms with Crippen molar-refractivity contribution in [2.75, 3.05) is 6.61 Å². The molecule has 5 nitrogen and oxygen atoms in total. The van der Waals surface area contributed by atoms with Crippen LogP contribution in [0.15, 0.2) is 12.3 Å². The summed E-state index contributed by atoms with van der Waals surface area (Å²) in [6.07, 6.45) is 1.27. The number of carbonyl (C=O) groups is 1. The Kier molecular flexibility index (Phi) is 4.11. The van der Waals surface area contributed by atoms with Gasteiger partial charge in [0.25, 0.3) is 0 Å². The third kappa shape index (κ3) is 4.48. The van der Waals surface area contributed by atoms with Gasteiger partial charge in [0.1, 0.15) is 0 Å². The van der Waals surface area contributed by atoms with Gasteiger partial charge >= 0.3 is 6.09 Å². The van der Waals surface area contributed by atoms with Gasteiger partial charge in [0.15, 0.2) is 0 Å². The van der Waals surface area contributed by atoms with Crippen LogP contribution in [0.4, 0.5) is 4.79 Å². The fourth-order valence-corrected chi connectivity index (χ4v) is 2.47. The molecule has 1 heterocycles. The summed E-state index contributed by atoms with van der Waals surface area (Å²) < 4.78 is 6.20. The van der Waals surface area contributed by atoms with Gasteiger partial charge in [0.2, 0.25) is 5.88 Å². The first kappa shape index (κ1) is 12.8. The van der Waals surface area contributed by atoms with Crippen LogP contribution in [-0.4, -0.2) is 35.7 Å². The Morgan fingerprint density at radius 2 is 2.25 bits per heavy atom. The van der Waals surface area contributed by atoms with Gasteiger partial charge in [-0.3, -0.25) is 0 Å². The van der Waals surface area contributed by atoms with Crippen molar-refractivity contribution < 1.29 is 14.6 Å². The van der Waals surface area contributed by atoms with Gasteiger partial charge < -0.3 is 9.84 Å². The zero-order valence-corrected chi connectivity index (χ0v) is 10.9. The Morgan fingerprint density at radius 3 is 2.75 bits per heavy atom. The minimum Gasteiger partial charge on any atom is -0.477 e. The number of rotatable bonds is 5. The molecule has 0 radical (unpaired) electrons. The molecule has 0 aliphatic carbocycles. The van der Waals surface area contributed by atoms with Crippen LogP contribution in [0, 0.1) is 0 Å². The van der Waals surface area contributed by atoms with Crippen LogP contribution in [0.1, 0.15) is 6.42 Å². The molecule has 1 aromatic heterocycles. The topological polar surface area (TPSA) is 64.3 Å². The monoisotopic (exact) mass is 242 g/mol. The number of carboxylic acid groups (broad SMARTS) is 1. The molecule has 1 rings (SSSR count). The Hall–Kier alpha value is -1.30. The van der Waals surface area contributed by atoms with E-state index in [2.05, 4.69) is 24.7 Å². The number of aromatic nitrogens is 2. The van der Waals surface area contributed by atoms with Crippen LogP contribution in [0.5, 0.6) is 5.88 Å². The molecule has 0 unspecified atom stereocenters. The molecule has 1 N–H and O–H groups in total.